The van der Waals surface area contributed by atoms with Crippen LogP contribution in [0.1, 0.15) is 0 Å². The summed E-state index contributed by atoms with van der Waals surface area (Å²) < 4.78 is 4.91. The fraction of sp³-hybridized carbons (Fsp3) is 0. The standard InChI is InChI=1S/C54H32N4/c1-2-11-33(12-3-1)34-23-25-36(26-24-34)51-44-32-29-35-13-4-5-14-39(35)52(44)56-54(55-51)37-27-30-38(31-28-37)57-46-20-9-16-41-43-18-8-17-42-40-15-6-7-19-45(40)58(53(42)43)48-22-10-21-47(57)50(48)49(41)46/h1-32H. The van der Waals surface area contributed by atoms with Gasteiger partial charge in [-0.3, -0.25) is 0 Å². The molecule has 0 aliphatic carbocycles. The van der Waals surface area contributed by atoms with Crippen LogP contribution in [0.15, 0.2) is 194 Å². The van der Waals surface area contributed by atoms with Gasteiger partial charge in [0, 0.05) is 54.5 Å². The average Bonchev–Trinajstić information content (AvgIpc) is 3.78. The van der Waals surface area contributed by atoms with Gasteiger partial charge in [-0.15, -0.1) is 0 Å². The first kappa shape index (κ1) is 31.4. The zero-order chi connectivity index (χ0) is 37.9. The molecule has 4 heterocycles. The highest BCUT2D eigenvalue weighted by Gasteiger charge is 2.22. The zero-order valence-electron chi connectivity index (χ0n) is 31.3. The Hall–Kier alpha value is -7.82. The molecular formula is C54H32N4. The van der Waals surface area contributed by atoms with Gasteiger partial charge in [-0.25, -0.2) is 9.97 Å². The van der Waals surface area contributed by atoms with Crippen molar-refractivity contribution in [3.05, 3.63) is 194 Å². The first-order chi connectivity index (χ1) is 28.8. The third-order valence-corrected chi connectivity index (χ3v) is 12.3. The summed E-state index contributed by atoms with van der Waals surface area (Å²) in [6.45, 7) is 0. The minimum absolute atomic E-state index is 0.707. The predicted molar refractivity (Wildman–Crippen MR) is 242 cm³/mol. The van der Waals surface area contributed by atoms with Gasteiger partial charge in [-0.2, -0.15) is 0 Å². The fourth-order valence-corrected chi connectivity index (χ4v) is 9.69. The zero-order valence-corrected chi connectivity index (χ0v) is 31.3. The number of nitrogens with zero attached hydrogens (tertiary/aromatic N) is 4. The largest absolute Gasteiger partial charge is 0.309 e. The Morgan fingerprint density at radius 2 is 0.914 bits per heavy atom. The molecule has 9 aromatic carbocycles. The Balaban J connectivity index is 1.01. The van der Waals surface area contributed by atoms with E-state index in [-0.39, 0.29) is 0 Å². The Labute approximate surface area is 332 Å². The predicted octanol–water partition coefficient (Wildman–Crippen LogP) is 14.0. The third-order valence-electron chi connectivity index (χ3n) is 12.3. The second-order valence-electron chi connectivity index (χ2n) is 15.3. The van der Waals surface area contributed by atoms with Gasteiger partial charge in [0.2, 0.25) is 0 Å². The maximum atomic E-state index is 5.32. The second kappa shape index (κ2) is 11.8. The summed E-state index contributed by atoms with van der Waals surface area (Å²) in [7, 11) is 0. The first-order valence-electron chi connectivity index (χ1n) is 19.8. The molecule has 0 radical (unpaired) electrons. The quantitative estimate of drug-likeness (QED) is 0.169. The van der Waals surface area contributed by atoms with Crippen molar-refractivity contribution in [2.75, 3.05) is 0 Å². The molecule has 0 saturated carbocycles. The molecule has 58 heavy (non-hydrogen) atoms. The molecule has 0 unspecified atom stereocenters. The van der Waals surface area contributed by atoms with Crippen LogP contribution < -0.4 is 0 Å². The van der Waals surface area contributed by atoms with Crippen LogP contribution in [0.5, 0.6) is 0 Å². The molecule has 0 aliphatic heterocycles. The number of hydrogen-bond donors (Lipinski definition) is 0. The molecule has 0 amide bonds. The van der Waals surface area contributed by atoms with Gasteiger partial charge in [0.1, 0.15) is 0 Å². The molecule has 4 nitrogen and oxygen atoms in total. The Kier molecular flexibility index (Phi) is 6.41. The van der Waals surface area contributed by atoms with Crippen LogP contribution in [0.2, 0.25) is 0 Å². The van der Waals surface area contributed by atoms with E-state index in [1.165, 1.54) is 71.0 Å². The molecule has 0 bridgehead atoms. The first-order valence-corrected chi connectivity index (χ1v) is 19.8. The molecule has 268 valence electrons. The number of hydrogen-bond acceptors (Lipinski definition) is 2. The van der Waals surface area contributed by atoms with Gasteiger partial charge in [-0.1, -0.05) is 140 Å². The Bertz CT molecular complexity index is 3760. The van der Waals surface area contributed by atoms with E-state index in [4.69, 9.17) is 9.97 Å². The van der Waals surface area contributed by atoms with Crippen molar-refractivity contribution in [1.29, 1.82) is 0 Å². The maximum Gasteiger partial charge on any atom is 0.160 e. The number of benzene rings is 9. The summed E-state index contributed by atoms with van der Waals surface area (Å²) in [6, 6.07) is 70.0. The number of aromatic nitrogens is 4. The molecule has 0 saturated heterocycles. The smallest absolute Gasteiger partial charge is 0.160 e. The van der Waals surface area contributed by atoms with Crippen LogP contribution in [0, 0.1) is 0 Å². The molecule has 0 atom stereocenters. The fourth-order valence-electron chi connectivity index (χ4n) is 9.69. The SMILES string of the molecule is c1ccc(-c2ccc(-c3nc(-c4ccc(-n5c6cccc7c8cccc9c%10ccccc%10n(c%10cccc5c%10c76)c89)cc4)nc4c3ccc3ccccc34)cc2)cc1. The van der Waals surface area contributed by atoms with E-state index in [0.29, 0.717) is 5.82 Å². The number of para-hydroxylation sites is 2. The van der Waals surface area contributed by atoms with Crippen LogP contribution >= 0.6 is 0 Å². The van der Waals surface area contributed by atoms with Gasteiger partial charge in [0.15, 0.2) is 5.82 Å². The van der Waals surface area contributed by atoms with Crippen LogP contribution in [0.3, 0.4) is 0 Å². The third kappa shape index (κ3) is 4.34. The van der Waals surface area contributed by atoms with E-state index in [1.807, 2.05) is 0 Å². The highest BCUT2D eigenvalue weighted by Crippen LogP contribution is 2.44. The summed E-state index contributed by atoms with van der Waals surface area (Å²) in [4.78, 5) is 10.6. The van der Waals surface area contributed by atoms with Crippen molar-refractivity contribution in [1.82, 2.24) is 18.9 Å². The van der Waals surface area contributed by atoms with E-state index in [1.54, 1.807) is 0 Å². The molecule has 0 aliphatic rings. The van der Waals surface area contributed by atoms with E-state index >= 15 is 0 Å². The van der Waals surface area contributed by atoms with Crippen molar-refractivity contribution in [2.24, 2.45) is 0 Å². The topological polar surface area (TPSA) is 35.1 Å². The summed E-state index contributed by atoms with van der Waals surface area (Å²) in [6.07, 6.45) is 0. The van der Waals surface area contributed by atoms with E-state index in [0.717, 1.165) is 44.2 Å². The monoisotopic (exact) mass is 736 g/mol. The molecule has 13 aromatic rings. The number of fused-ring (bicyclic) bond motifs is 8. The minimum atomic E-state index is 0.707. The van der Waals surface area contributed by atoms with Crippen molar-refractivity contribution >= 4 is 81.6 Å². The van der Waals surface area contributed by atoms with Gasteiger partial charge in [-0.05, 0) is 76.5 Å². The van der Waals surface area contributed by atoms with Gasteiger partial charge in [0.25, 0.3) is 0 Å². The highest BCUT2D eigenvalue weighted by atomic mass is 15.0. The Morgan fingerprint density at radius 1 is 0.328 bits per heavy atom. The molecular weight excluding hydrogens is 705 g/mol. The van der Waals surface area contributed by atoms with Crippen molar-refractivity contribution in [2.45, 2.75) is 0 Å². The van der Waals surface area contributed by atoms with Crippen LogP contribution in [-0.2, 0) is 0 Å². The summed E-state index contributed by atoms with van der Waals surface area (Å²) in [5, 5.41) is 11.0. The number of rotatable bonds is 4. The van der Waals surface area contributed by atoms with Crippen molar-refractivity contribution in [3.8, 4) is 39.5 Å². The van der Waals surface area contributed by atoms with Crippen LogP contribution in [0.25, 0.3) is 121 Å². The summed E-state index contributed by atoms with van der Waals surface area (Å²) in [5.41, 5.74) is 13.5. The molecule has 0 spiro atoms. The maximum absolute atomic E-state index is 5.32. The molecule has 13 rings (SSSR count). The summed E-state index contributed by atoms with van der Waals surface area (Å²) in [5.74, 6) is 0.707. The molecule has 4 aromatic heterocycles. The second-order valence-corrected chi connectivity index (χ2v) is 15.3. The average molecular weight is 737 g/mol. The van der Waals surface area contributed by atoms with Crippen LogP contribution in [-0.4, -0.2) is 18.9 Å². The van der Waals surface area contributed by atoms with Crippen molar-refractivity contribution in [3.63, 3.8) is 0 Å². The van der Waals surface area contributed by atoms with Gasteiger partial charge >= 0.3 is 0 Å². The lowest BCUT2D eigenvalue weighted by Gasteiger charge is -2.13. The normalized spacial score (nSPS) is 12.1. The van der Waals surface area contributed by atoms with Crippen molar-refractivity contribution < 1.29 is 0 Å². The lowest BCUT2D eigenvalue weighted by molar-refractivity contribution is 1.17. The molecule has 4 heteroatoms. The minimum Gasteiger partial charge on any atom is -0.309 e. The summed E-state index contributed by atoms with van der Waals surface area (Å²) >= 11 is 0. The van der Waals surface area contributed by atoms with Gasteiger partial charge in [0.05, 0.1) is 38.8 Å². The van der Waals surface area contributed by atoms with E-state index in [2.05, 4.69) is 203 Å². The van der Waals surface area contributed by atoms with E-state index in [9.17, 15) is 0 Å². The lowest BCUT2D eigenvalue weighted by atomic mass is 9.99. The van der Waals surface area contributed by atoms with E-state index < -0.39 is 0 Å². The molecule has 0 fully saturated rings. The Morgan fingerprint density at radius 3 is 1.76 bits per heavy atom. The van der Waals surface area contributed by atoms with Crippen LogP contribution in [0.4, 0.5) is 0 Å². The van der Waals surface area contributed by atoms with Gasteiger partial charge < -0.3 is 8.97 Å². The lowest BCUT2D eigenvalue weighted by Crippen LogP contribution is -1.97. The highest BCUT2D eigenvalue weighted by molar-refractivity contribution is 6.31. The molecule has 0 N–H and O–H groups in total.